The molecule has 1 saturated heterocycles. The quantitative estimate of drug-likeness (QED) is 0.697. The third-order valence-corrected chi connectivity index (χ3v) is 4.58. The fourth-order valence-corrected chi connectivity index (χ4v) is 3.38. The summed E-state index contributed by atoms with van der Waals surface area (Å²) in [6, 6.07) is 5.90. The molecule has 3 aromatic rings. The molecule has 0 unspecified atom stereocenters. The van der Waals surface area contributed by atoms with Crippen LogP contribution in [0.1, 0.15) is 18.4 Å². The average Bonchev–Trinajstić information content (AvgIpc) is 3.06. The lowest BCUT2D eigenvalue weighted by Gasteiger charge is -2.33. The molecule has 0 radical (unpaired) electrons. The van der Waals surface area contributed by atoms with Crippen molar-refractivity contribution in [2.24, 2.45) is 0 Å². The molecule has 1 fully saturated rings. The van der Waals surface area contributed by atoms with E-state index in [1.807, 2.05) is 45.2 Å². The summed E-state index contributed by atoms with van der Waals surface area (Å²) in [6.07, 6.45) is 5.35. The predicted molar refractivity (Wildman–Crippen MR) is 104 cm³/mol. The van der Waals surface area contributed by atoms with Gasteiger partial charge < -0.3 is 14.1 Å². The summed E-state index contributed by atoms with van der Waals surface area (Å²) in [4.78, 5) is 16.2. The minimum Gasteiger partial charge on any atom is -0.492 e. The second kappa shape index (κ2) is 6.87. The Kier molecular flexibility index (Phi) is 4.39. The molecule has 4 rings (SSSR count). The van der Waals surface area contributed by atoms with Gasteiger partial charge in [-0.3, -0.25) is 9.97 Å². The minimum atomic E-state index is 0.0645. The van der Waals surface area contributed by atoms with Crippen LogP contribution >= 0.6 is 0 Å². The molecular weight excluding hydrogens is 340 g/mol. The van der Waals surface area contributed by atoms with Gasteiger partial charge in [-0.05, 0) is 39.0 Å². The third kappa shape index (κ3) is 3.43. The first-order chi connectivity index (χ1) is 13.0. The van der Waals surface area contributed by atoms with Crippen LogP contribution in [0.25, 0.3) is 22.5 Å². The van der Waals surface area contributed by atoms with Crippen molar-refractivity contribution in [3.63, 3.8) is 0 Å². The van der Waals surface area contributed by atoms with Crippen LogP contribution in [0.5, 0.6) is 0 Å². The Morgan fingerprint density at radius 1 is 1.19 bits per heavy atom. The first-order valence-electron chi connectivity index (χ1n) is 8.95. The number of hydrogen-bond donors (Lipinski definition) is 0. The highest BCUT2D eigenvalue weighted by Gasteiger charge is 2.23. The molecule has 1 aliphatic heterocycles. The minimum absolute atomic E-state index is 0.0645. The molecule has 0 bridgehead atoms. The van der Waals surface area contributed by atoms with E-state index in [1.54, 1.807) is 12.5 Å². The summed E-state index contributed by atoms with van der Waals surface area (Å²) in [6.45, 7) is 11.2. The zero-order valence-electron chi connectivity index (χ0n) is 15.8. The number of ether oxygens (including phenoxy) is 1. The van der Waals surface area contributed by atoms with Crippen LogP contribution in [-0.4, -0.2) is 34.1 Å². The SMILES string of the molecule is C=C1CN(c2cnc(-c3ccnc(C)c3)c(-c3ccoc3C)n2)C[C@H](C)O1. The summed E-state index contributed by atoms with van der Waals surface area (Å²) < 4.78 is 11.2. The molecule has 0 N–H and O–H groups in total. The first kappa shape index (κ1) is 17.3. The highest BCUT2D eigenvalue weighted by Crippen LogP contribution is 2.33. The van der Waals surface area contributed by atoms with E-state index >= 15 is 0 Å². The first-order valence-corrected chi connectivity index (χ1v) is 8.95. The van der Waals surface area contributed by atoms with E-state index in [0.717, 1.165) is 52.1 Å². The summed E-state index contributed by atoms with van der Waals surface area (Å²) in [5, 5.41) is 0. The zero-order chi connectivity index (χ0) is 19.0. The number of aryl methyl sites for hydroxylation is 2. The Labute approximate surface area is 158 Å². The van der Waals surface area contributed by atoms with Gasteiger partial charge in [-0.15, -0.1) is 0 Å². The van der Waals surface area contributed by atoms with Gasteiger partial charge in [0.15, 0.2) is 0 Å². The standard InChI is InChI=1S/C21H22N4O2/c1-13-9-17(5-7-22-13)20-21(18-6-8-26-16(18)4)24-19(10-23-20)25-11-14(2)27-15(3)12-25/h5-10,15H,2,11-12H2,1,3-4H3/t15-/m0/s1. The van der Waals surface area contributed by atoms with Crippen LogP contribution in [-0.2, 0) is 4.74 Å². The second-order valence-electron chi connectivity index (χ2n) is 6.85. The fourth-order valence-electron chi connectivity index (χ4n) is 3.38. The number of furan rings is 1. The van der Waals surface area contributed by atoms with Crippen molar-refractivity contribution >= 4 is 5.82 Å². The summed E-state index contributed by atoms with van der Waals surface area (Å²) in [5.41, 5.74) is 4.47. The van der Waals surface area contributed by atoms with Crippen LogP contribution < -0.4 is 4.90 Å². The number of aromatic nitrogens is 3. The Morgan fingerprint density at radius 2 is 2.04 bits per heavy atom. The van der Waals surface area contributed by atoms with Crippen LogP contribution in [0.3, 0.4) is 0 Å². The number of morpholine rings is 1. The number of pyridine rings is 1. The molecule has 0 saturated carbocycles. The predicted octanol–water partition coefficient (Wildman–Crippen LogP) is 4.15. The molecule has 6 nitrogen and oxygen atoms in total. The van der Waals surface area contributed by atoms with Crippen molar-refractivity contribution in [2.45, 2.75) is 26.9 Å². The molecule has 3 aromatic heterocycles. The van der Waals surface area contributed by atoms with Crippen molar-refractivity contribution < 1.29 is 9.15 Å². The van der Waals surface area contributed by atoms with E-state index in [2.05, 4.69) is 16.5 Å². The number of anilines is 1. The van der Waals surface area contributed by atoms with Crippen LogP contribution in [0, 0.1) is 13.8 Å². The highest BCUT2D eigenvalue weighted by atomic mass is 16.5. The molecule has 27 heavy (non-hydrogen) atoms. The number of hydrogen-bond acceptors (Lipinski definition) is 6. The Balaban J connectivity index is 1.83. The topological polar surface area (TPSA) is 64.3 Å². The van der Waals surface area contributed by atoms with E-state index in [4.69, 9.17) is 19.1 Å². The number of rotatable bonds is 3. The molecular formula is C21H22N4O2. The van der Waals surface area contributed by atoms with Crippen LogP contribution in [0.4, 0.5) is 5.82 Å². The molecule has 138 valence electrons. The molecule has 0 amide bonds. The van der Waals surface area contributed by atoms with E-state index in [-0.39, 0.29) is 6.10 Å². The van der Waals surface area contributed by atoms with Crippen LogP contribution in [0.2, 0.25) is 0 Å². The summed E-state index contributed by atoms with van der Waals surface area (Å²) >= 11 is 0. The monoisotopic (exact) mass is 362 g/mol. The van der Waals surface area contributed by atoms with Crippen molar-refractivity contribution in [1.29, 1.82) is 0 Å². The maximum absolute atomic E-state index is 5.66. The van der Waals surface area contributed by atoms with Gasteiger partial charge >= 0.3 is 0 Å². The van der Waals surface area contributed by atoms with Crippen molar-refractivity contribution in [3.05, 3.63) is 60.6 Å². The van der Waals surface area contributed by atoms with Gasteiger partial charge in [0.2, 0.25) is 0 Å². The number of nitrogens with zero attached hydrogens (tertiary/aromatic N) is 4. The molecule has 0 spiro atoms. The maximum Gasteiger partial charge on any atom is 0.148 e. The fraction of sp³-hybridized carbons (Fsp3) is 0.286. The smallest absolute Gasteiger partial charge is 0.148 e. The summed E-state index contributed by atoms with van der Waals surface area (Å²) in [5.74, 6) is 2.36. The third-order valence-electron chi connectivity index (χ3n) is 4.58. The van der Waals surface area contributed by atoms with Gasteiger partial charge in [0.1, 0.15) is 29.1 Å². The van der Waals surface area contributed by atoms with Gasteiger partial charge in [-0.2, -0.15) is 0 Å². The van der Waals surface area contributed by atoms with Crippen molar-refractivity contribution in [1.82, 2.24) is 15.0 Å². The van der Waals surface area contributed by atoms with Gasteiger partial charge in [0, 0.05) is 23.0 Å². The lowest BCUT2D eigenvalue weighted by Crippen LogP contribution is -2.40. The average molecular weight is 362 g/mol. The molecule has 4 heterocycles. The van der Waals surface area contributed by atoms with Gasteiger partial charge in [0.05, 0.1) is 31.2 Å². The summed E-state index contributed by atoms with van der Waals surface area (Å²) in [7, 11) is 0. The van der Waals surface area contributed by atoms with Crippen LogP contribution in [0.15, 0.2) is 53.6 Å². The lowest BCUT2D eigenvalue weighted by molar-refractivity contribution is 0.113. The van der Waals surface area contributed by atoms with Crippen molar-refractivity contribution in [2.75, 3.05) is 18.0 Å². The molecule has 1 aliphatic rings. The molecule has 1 atom stereocenters. The molecule has 0 aromatic carbocycles. The van der Waals surface area contributed by atoms with E-state index in [1.165, 1.54) is 0 Å². The van der Waals surface area contributed by atoms with Gasteiger partial charge in [0.25, 0.3) is 0 Å². The zero-order valence-corrected chi connectivity index (χ0v) is 15.8. The Morgan fingerprint density at radius 3 is 2.74 bits per heavy atom. The van der Waals surface area contributed by atoms with Crippen molar-refractivity contribution in [3.8, 4) is 22.5 Å². The van der Waals surface area contributed by atoms with Gasteiger partial charge in [-0.1, -0.05) is 6.58 Å². The largest absolute Gasteiger partial charge is 0.492 e. The second-order valence-corrected chi connectivity index (χ2v) is 6.85. The maximum atomic E-state index is 5.66. The normalized spacial score (nSPS) is 17.1. The van der Waals surface area contributed by atoms with E-state index in [0.29, 0.717) is 6.54 Å². The van der Waals surface area contributed by atoms with Gasteiger partial charge in [-0.25, -0.2) is 4.98 Å². The highest BCUT2D eigenvalue weighted by molar-refractivity contribution is 5.79. The van der Waals surface area contributed by atoms with E-state index in [9.17, 15) is 0 Å². The molecule has 0 aliphatic carbocycles. The lowest BCUT2D eigenvalue weighted by atomic mass is 10.0. The Hall–Kier alpha value is -3.15. The Bertz CT molecular complexity index is 995. The molecule has 6 heteroatoms. The van der Waals surface area contributed by atoms with E-state index < -0.39 is 0 Å².